The Hall–Kier alpha value is -1.55. The number of ether oxygens (including phenoxy) is 2. The molecule has 4 nitrogen and oxygen atoms in total. The average Bonchev–Trinajstić information content (AvgIpc) is 2.72. The monoisotopic (exact) mass is 220 g/mol. The van der Waals surface area contributed by atoms with Crippen LogP contribution in [0.3, 0.4) is 0 Å². The summed E-state index contributed by atoms with van der Waals surface area (Å²) < 4.78 is 10.5. The fraction of sp³-hybridized carbons (Fsp3) is 0.417. The van der Waals surface area contributed by atoms with E-state index in [1.54, 1.807) is 14.2 Å². The van der Waals surface area contributed by atoms with Gasteiger partial charge in [-0.05, 0) is 26.0 Å². The predicted octanol–water partition coefficient (Wildman–Crippen LogP) is 2.45. The van der Waals surface area contributed by atoms with Crippen LogP contribution in [-0.2, 0) is 10.3 Å². The number of aromatic amines is 1. The summed E-state index contributed by atoms with van der Waals surface area (Å²) in [5, 5.41) is 0. The van der Waals surface area contributed by atoms with Gasteiger partial charge in [0.05, 0.1) is 18.1 Å². The van der Waals surface area contributed by atoms with Gasteiger partial charge in [0.1, 0.15) is 17.2 Å². The molecule has 0 aliphatic carbocycles. The number of fused-ring (bicyclic) bond motifs is 1. The smallest absolute Gasteiger partial charge is 0.139 e. The molecule has 0 saturated heterocycles. The molecule has 0 radical (unpaired) electrons. The first kappa shape index (κ1) is 11.0. The van der Waals surface area contributed by atoms with Crippen LogP contribution in [0.1, 0.15) is 19.7 Å². The summed E-state index contributed by atoms with van der Waals surface area (Å²) in [6.07, 6.45) is 0. The molecule has 0 bridgehead atoms. The minimum Gasteiger partial charge on any atom is -0.497 e. The molecule has 0 saturated carbocycles. The number of nitrogens with one attached hydrogen (secondary N) is 1. The molecule has 0 amide bonds. The van der Waals surface area contributed by atoms with Crippen LogP contribution in [-0.4, -0.2) is 24.2 Å². The van der Waals surface area contributed by atoms with Gasteiger partial charge in [-0.25, -0.2) is 4.98 Å². The second-order valence-electron chi connectivity index (χ2n) is 4.18. The Morgan fingerprint density at radius 2 is 2.00 bits per heavy atom. The number of benzene rings is 1. The van der Waals surface area contributed by atoms with Crippen molar-refractivity contribution >= 4 is 11.0 Å². The Bertz CT molecular complexity index is 503. The molecule has 0 spiro atoms. The Morgan fingerprint density at radius 1 is 1.25 bits per heavy atom. The second kappa shape index (κ2) is 3.79. The van der Waals surface area contributed by atoms with E-state index in [9.17, 15) is 0 Å². The summed E-state index contributed by atoms with van der Waals surface area (Å²) in [5.41, 5.74) is 1.46. The van der Waals surface area contributed by atoms with Gasteiger partial charge in [0.25, 0.3) is 0 Å². The second-order valence-corrected chi connectivity index (χ2v) is 4.18. The van der Waals surface area contributed by atoms with Crippen LogP contribution >= 0.6 is 0 Å². The fourth-order valence-corrected chi connectivity index (χ4v) is 1.50. The SMILES string of the molecule is COc1ccc2nc(C(C)(C)OC)[nH]c2c1. The topological polar surface area (TPSA) is 47.1 Å². The van der Waals surface area contributed by atoms with Crippen LogP contribution in [0.4, 0.5) is 0 Å². The highest BCUT2D eigenvalue weighted by Gasteiger charge is 2.23. The van der Waals surface area contributed by atoms with E-state index in [1.165, 1.54) is 0 Å². The first-order valence-electron chi connectivity index (χ1n) is 5.16. The molecule has 1 heterocycles. The maximum absolute atomic E-state index is 5.38. The third kappa shape index (κ3) is 1.76. The van der Waals surface area contributed by atoms with Gasteiger partial charge in [-0.3, -0.25) is 0 Å². The first-order chi connectivity index (χ1) is 7.56. The van der Waals surface area contributed by atoms with Gasteiger partial charge in [0, 0.05) is 13.2 Å². The highest BCUT2D eigenvalue weighted by Crippen LogP contribution is 2.25. The molecule has 1 aromatic heterocycles. The highest BCUT2D eigenvalue weighted by molar-refractivity contribution is 5.76. The summed E-state index contributed by atoms with van der Waals surface area (Å²) >= 11 is 0. The molecule has 0 fully saturated rings. The molecule has 0 unspecified atom stereocenters. The molecule has 0 atom stereocenters. The third-order valence-electron chi connectivity index (χ3n) is 2.77. The van der Waals surface area contributed by atoms with Crippen LogP contribution < -0.4 is 4.74 Å². The number of nitrogens with zero attached hydrogens (tertiary/aromatic N) is 1. The third-order valence-corrected chi connectivity index (χ3v) is 2.77. The lowest BCUT2D eigenvalue weighted by atomic mass is 10.1. The van der Waals surface area contributed by atoms with Crippen molar-refractivity contribution in [3.63, 3.8) is 0 Å². The quantitative estimate of drug-likeness (QED) is 0.864. The van der Waals surface area contributed by atoms with Crippen molar-refractivity contribution in [1.82, 2.24) is 9.97 Å². The maximum atomic E-state index is 5.38. The number of H-pyrrole nitrogens is 1. The zero-order chi connectivity index (χ0) is 11.8. The van der Waals surface area contributed by atoms with Crippen molar-refractivity contribution in [2.24, 2.45) is 0 Å². The molecule has 2 rings (SSSR count). The van der Waals surface area contributed by atoms with Crippen LogP contribution in [0.2, 0.25) is 0 Å². The van der Waals surface area contributed by atoms with Crippen LogP contribution in [0.25, 0.3) is 11.0 Å². The van der Waals surface area contributed by atoms with E-state index in [1.807, 2.05) is 32.0 Å². The maximum Gasteiger partial charge on any atom is 0.139 e. The number of hydrogen-bond acceptors (Lipinski definition) is 3. The van der Waals surface area contributed by atoms with Gasteiger partial charge in [-0.1, -0.05) is 0 Å². The normalized spacial score (nSPS) is 12.0. The summed E-state index contributed by atoms with van der Waals surface area (Å²) in [5.74, 6) is 1.64. The van der Waals surface area contributed by atoms with Crippen molar-refractivity contribution in [3.8, 4) is 5.75 Å². The number of methoxy groups -OCH3 is 2. The zero-order valence-electron chi connectivity index (χ0n) is 10.00. The van der Waals surface area contributed by atoms with Gasteiger partial charge >= 0.3 is 0 Å². The van der Waals surface area contributed by atoms with Gasteiger partial charge < -0.3 is 14.5 Å². The lowest BCUT2D eigenvalue weighted by Gasteiger charge is -2.19. The van der Waals surface area contributed by atoms with Crippen molar-refractivity contribution in [1.29, 1.82) is 0 Å². The Morgan fingerprint density at radius 3 is 2.62 bits per heavy atom. The number of imidazole rings is 1. The van der Waals surface area contributed by atoms with Crippen molar-refractivity contribution in [2.75, 3.05) is 14.2 Å². The Kier molecular flexibility index (Phi) is 2.59. The van der Waals surface area contributed by atoms with Crippen molar-refractivity contribution < 1.29 is 9.47 Å². The molecule has 0 aliphatic rings. The molecule has 0 aliphatic heterocycles. The van der Waals surface area contributed by atoms with Gasteiger partial charge in [-0.15, -0.1) is 0 Å². The number of rotatable bonds is 3. The van der Waals surface area contributed by atoms with Gasteiger partial charge in [-0.2, -0.15) is 0 Å². The van der Waals surface area contributed by atoms with E-state index < -0.39 is 5.60 Å². The average molecular weight is 220 g/mol. The molecular formula is C12H16N2O2. The Labute approximate surface area is 94.6 Å². The molecular weight excluding hydrogens is 204 g/mol. The van der Waals surface area contributed by atoms with E-state index >= 15 is 0 Å². The summed E-state index contributed by atoms with van der Waals surface area (Å²) in [6.45, 7) is 3.95. The van der Waals surface area contributed by atoms with Crippen LogP contribution in [0, 0.1) is 0 Å². The Balaban J connectivity index is 2.52. The molecule has 2 aromatic rings. The first-order valence-corrected chi connectivity index (χ1v) is 5.16. The summed E-state index contributed by atoms with van der Waals surface area (Å²) in [6, 6.07) is 5.75. The van der Waals surface area contributed by atoms with Crippen molar-refractivity contribution in [3.05, 3.63) is 24.0 Å². The van der Waals surface area contributed by atoms with E-state index in [4.69, 9.17) is 9.47 Å². The van der Waals surface area contributed by atoms with E-state index in [2.05, 4.69) is 9.97 Å². The largest absolute Gasteiger partial charge is 0.497 e. The fourth-order valence-electron chi connectivity index (χ4n) is 1.50. The lowest BCUT2D eigenvalue weighted by molar-refractivity contribution is 0.0124. The van der Waals surface area contributed by atoms with E-state index in [0.717, 1.165) is 22.6 Å². The van der Waals surface area contributed by atoms with Crippen molar-refractivity contribution in [2.45, 2.75) is 19.4 Å². The van der Waals surface area contributed by atoms with Crippen LogP contribution in [0.15, 0.2) is 18.2 Å². The zero-order valence-corrected chi connectivity index (χ0v) is 10.00. The minimum atomic E-state index is -0.410. The molecule has 16 heavy (non-hydrogen) atoms. The molecule has 1 N–H and O–H groups in total. The molecule has 1 aromatic carbocycles. The number of aromatic nitrogens is 2. The highest BCUT2D eigenvalue weighted by atomic mass is 16.5. The molecule has 4 heteroatoms. The van der Waals surface area contributed by atoms with E-state index in [0.29, 0.717) is 0 Å². The predicted molar refractivity (Wildman–Crippen MR) is 62.7 cm³/mol. The standard InChI is InChI=1S/C12H16N2O2/c1-12(2,16-4)11-13-9-6-5-8(15-3)7-10(9)14-11/h5-7H,1-4H3,(H,13,14). The minimum absolute atomic E-state index is 0.410. The molecule has 86 valence electrons. The van der Waals surface area contributed by atoms with Crippen LogP contribution in [0.5, 0.6) is 5.75 Å². The van der Waals surface area contributed by atoms with Gasteiger partial charge in [0.2, 0.25) is 0 Å². The lowest BCUT2D eigenvalue weighted by Crippen LogP contribution is -2.21. The summed E-state index contributed by atoms with van der Waals surface area (Å²) in [7, 11) is 3.32. The van der Waals surface area contributed by atoms with E-state index in [-0.39, 0.29) is 0 Å². The van der Waals surface area contributed by atoms with Gasteiger partial charge in [0.15, 0.2) is 0 Å². The summed E-state index contributed by atoms with van der Waals surface area (Å²) in [4.78, 5) is 7.74. The number of hydrogen-bond donors (Lipinski definition) is 1.